The predicted octanol–water partition coefficient (Wildman–Crippen LogP) is 0.120. The monoisotopic (exact) mass is 140 g/mol. The largest absolute Gasteiger partial charge is 0.326 e. The fraction of sp³-hybridized carbons (Fsp3) is 0.333. The second-order valence-corrected chi connectivity index (χ2v) is 2.28. The van der Waals surface area contributed by atoms with Crippen molar-refractivity contribution in [2.24, 2.45) is 0 Å². The van der Waals surface area contributed by atoms with E-state index in [0.717, 1.165) is 5.57 Å². The summed E-state index contributed by atoms with van der Waals surface area (Å²) in [6.45, 7) is 3.53. The molecule has 0 aromatic heterocycles. The van der Waals surface area contributed by atoms with Crippen LogP contribution in [0.3, 0.4) is 0 Å². The third kappa shape index (κ3) is 1.00. The average molecular weight is 140 g/mol. The van der Waals surface area contributed by atoms with Crippen molar-refractivity contribution in [1.29, 1.82) is 0 Å². The summed E-state index contributed by atoms with van der Waals surface area (Å²) < 4.78 is 0. The van der Waals surface area contributed by atoms with Crippen LogP contribution in [-0.4, -0.2) is 11.9 Å². The van der Waals surface area contributed by atoms with E-state index in [4.69, 9.17) is 0 Å². The Morgan fingerprint density at radius 3 is 2.00 bits per heavy atom. The van der Waals surface area contributed by atoms with E-state index in [0.29, 0.717) is 5.70 Å². The Bertz CT molecular complexity index is 226. The molecule has 1 rings (SSSR count). The standard InChI is InChI=1S/C6H8N2O2/c1-3(2)4-5(9)8-6(10)7-4/h1-2H3,(H2,7,8,9,10). The van der Waals surface area contributed by atoms with E-state index in [1.54, 1.807) is 13.8 Å². The molecule has 0 radical (unpaired) electrons. The van der Waals surface area contributed by atoms with Crippen LogP contribution < -0.4 is 10.6 Å². The molecule has 0 aromatic rings. The molecule has 1 fully saturated rings. The normalized spacial score (nSPS) is 16.8. The molecule has 0 saturated carbocycles. The molecule has 0 bridgehead atoms. The van der Waals surface area contributed by atoms with Gasteiger partial charge in [0.15, 0.2) is 0 Å². The summed E-state index contributed by atoms with van der Waals surface area (Å²) in [5.74, 6) is -0.343. The highest BCUT2D eigenvalue weighted by Gasteiger charge is 2.23. The Morgan fingerprint density at radius 1 is 1.20 bits per heavy atom. The topological polar surface area (TPSA) is 58.2 Å². The van der Waals surface area contributed by atoms with E-state index < -0.39 is 6.03 Å². The molecule has 0 unspecified atom stereocenters. The van der Waals surface area contributed by atoms with Gasteiger partial charge in [0.25, 0.3) is 5.91 Å². The molecule has 4 nitrogen and oxygen atoms in total. The van der Waals surface area contributed by atoms with Gasteiger partial charge in [-0.25, -0.2) is 4.79 Å². The number of carbonyl (C=O) groups excluding carboxylic acids is 2. The van der Waals surface area contributed by atoms with Gasteiger partial charge < -0.3 is 5.32 Å². The maximum atomic E-state index is 10.8. The van der Waals surface area contributed by atoms with Crippen LogP contribution in [0.1, 0.15) is 13.8 Å². The second-order valence-electron chi connectivity index (χ2n) is 2.28. The summed E-state index contributed by atoms with van der Waals surface area (Å²) in [7, 11) is 0. The molecule has 0 aliphatic carbocycles. The summed E-state index contributed by atoms with van der Waals surface area (Å²) >= 11 is 0. The molecule has 10 heavy (non-hydrogen) atoms. The Balaban J connectivity index is 2.93. The van der Waals surface area contributed by atoms with Crippen molar-refractivity contribution in [2.45, 2.75) is 13.8 Å². The minimum atomic E-state index is -0.443. The highest BCUT2D eigenvalue weighted by atomic mass is 16.2. The number of hydrogen-bond acceptors (Lipinski definition) is 2. The van der Waals surface area contributed by atoms with Crippen molar-refractivity contribution in [2.75, 3.05) is 0 Å². The van der Waals surface area contributed by atoms with Crippen molar-refractivity contribution in [1.82, 2.24) is 10.6 Å². The van der Waals surface area contributed by atoms with Crippen LogP contribution in [0.15, 0.2) is 11.3 Å². The zero-order valence-corrected chi connectivity index (χ0v) is 5.82. The second kappa shape index (κ2) is 2.13. The lowest BCUT2D eigenvalue weighted by molar-refractivity contribution is -0.115. The maximum Gasteiger partial charge on any atom is 0.326 e. The first-order valence-electron chi connectivity index (χ1n) is 2.91. The smallest absolute Gasteiger partial charge is 0.303 e. The van der Waals surface area contributed by atoms with E-state index in [1.807, 2.05) is 0 Å². The van der Waals surface area contributed by atoms with Gasteiger partial charge in [-0.3, -0.25) is 10.1 Å². The molecule has 3 amide bonds. The minimum absolute atomic E-state index is 0.343. The molecular formula is C6H8N2O2. The third-order valence-electron chi connectivity index (χ3n) is 1.19. The SMILES string of the molecule is CC(C)=C1NC(=O)NC1=O. The van der Waals surface area contributed by atoms with Crippen molar-refractivity contribution in [3.63, 3.8) is 0 Å². The van der Waals surface area contributed by atoms with E-state index in [-0.39, 0.29) is 5.91 Å². The molecule has 1 saturated heterocycles. The third-order valence-corrected chi connectivity index (χ3v) is 1.19. The molecule has 0 atom stereocenters. The van der Waals surface area contributed by atoms with Gasteiger partial charge in [0.05, 0.1) is 0 Å². The Kier molecular flexibility index (Phi) is 1.45. The van der Waals surface area contributed by atoms with Gasteiger partial charge in [-0.1, -0.05) is 0 Å². The lowest BCUT2D eigenvalue weighted by atomic mass is 10.2. The van der Waals surface area contributed by atoms with Gasteiger partial charge in [0.1, 0.15) is 5.70 Å². The van der Waals surface area contributed by atoms with Gasteiger partial charge in [0, 0.05) is 0 Å². The first-order valence-corrected chi connectivity index (χ1v) is 2.91. The van der Waals surface area contributed by atoms with Crippen LogP contribution >= 0.6 is 0 Å². The lowest BCUT2D eigenvalue weighted by Crippen LogP contribution is -2.22. The number of rotatable bonds is 0. The Labute approximate surface area is 58.3 Å². The number of imide groups is 1. The number of hydrogen-bond donors (Lipinski definition) is 2. The van der Waals surface area contributed by atoms with E-state index in [9.17, 15) is 9.59 Å². The molecule has 1 heterocycles. The molecule has 0 spiro atoms. The Hall–Kier alpha value is -1.32. The minimum Gasteiger partial charge on any atom is -0.303 e. The quantitative estimate of drug-likeness (QED) is 0.371. The lowest BCUT2D eigenvalue weighted by Gasteiger charge is -1.93. The summed E-state index contributed by atoms with van der Waals surface area (Å²) in [5.41, 5.74) is 1.17. The first kappa shape index (κ1) is 6.80. The van der Waals surface area contributed by atoms with E-state index in [2.05, 4.69) is 10.6 Å². The zero-order chi connectivity index (χ0) is 7.72. The highest BCUT2D eigenvalue weighted by Crippen LogP contribution is 2.03. The van der Waals surface area contributed by atoms with Crippen LogP contribution in [0.25, 0.3) is 0 Å². The fourth-order valence-electron chi connectivity index (χ4n) is 0.719. The maximum absolute atomic E-state index is 10.8. The molecule has 1 aliphatic rings. The van der Waals surface area contributed by atoms with Gasteiger partial charge in [-0.05, 0) is 19.4 Å². The van der Waals surface area contributed by atoms with Gasteiger partial charge in [0.2, 0.25) is 0 Å². The average Bonchev–Trinajstić information content (AvgIpc) is 2.10. The number of carbonyl (C=O) groups is 2. The zero-order valence-electron chi connectivity index (χ0n) is 5.82. The van der Waals surface area contributed by atoms with E-state index >= 15 is 0 Å². The number of allylic oxidation sites excluding steroid dienone is 1. The van der Waals surface area contributed by atoms with Crippen molar-refractivity contribution in [3.05, 3.63) is 11.3 Å². The summed E-state index contributed by atoms with van der Waals surface area (Å²) in [6.07, 6.45) is 0. The van der Waals surface area contributed by atoms with Gasteiger partial charge in [-0.15, -0.1) is 0 Å². The molecule has 54 valence electrons. The van der Waals surface area contributed by atoms with Crippen LogP contribution in [0, 0.1) is 0 Å². The summed E-state index contributed by atoms with van der Waals surface area (Å²) in [5, 5.41) is 4.48. The molecule has 0 aromatic carbocycles. The van der Waals surface area contributed by atoms with Crippen LogP contribution in [-0.2, 0) is 4.79 Å². The van der Waals surface area contributed by atoms with Crippen molar-refractivity contribution in [3.8, 4) is 0 Å². The van der Waals surface area contributed by atoms with Crippen LogP contribution in [0.5, 0.6) is 0 Å². The van der Waals surface area contributed by atoms with Gasteiger partial charge in [-0.2, -0.15) is 0 Å². The van der Waals surface area contributed by atoms with Gasteiger partial charge >= 0.3 is 6.03 Å². The molecular weight excluding hydrogens is 132 g/mol. The molecule has 1 aliphatic heterocycles. The number of nitrogens with one attached hydrogen (secondary N) is 2. The fourth-order valence-corrected chi connectivity index (χ4v) is 0.719. The van der Waals surface area contributed by atoms with E-state index in [1.165, 1.54) is 0 Å². The van der Waals surface area contributed by atoms with Crippen molar-refractivity contribution >= 4 is 11.9 Å². The number of urea groups is 1. The highest BCUT2D eigenvalue weighted by molar-refractivity contribution is 6.11. The van der Waals surface area contributed by atoms with Crippen LogP contribution in [0.2, 0.25) is 0 Å². The first-order chi connectivity index (χ1) is 4.61. The van der Waals surface area contributed by atoms with Crippen LogP contribution in [0.4, 0.5) is 4.79 Å². The predicted molar refractivity (Wildman–Crippen MR) is 35.0 cm³/mol. The van der Waals surface area contributed by atoms with Crippen molar-refractivity contribution < 1.29 is 9.59 Å². The number of amides is 3. The molecule has 4 heteroatoms. The Morgan fingerprint density at radius 2 is 1.80 bits per heavy atom. The summed E-state index contributed by atoms with van der Waals surface area (Å²) in [6, 6.07) is -0.443. The molecule has 2 N–H and O–H groups in total. The summed E-state index contributed by atoms with van der Waals surface area (Å²) in [4.78, 5) is 21.3.